The van der Waals surface area contributed by atoms with E-state index in [2.05, 4.69) is 36.0 Å². The van der Waals surface area contributed by atoms with Crippen molar-refractivity contribution in [3.63, 3.8) is 0 Å². The minimum absolute atomic E-state index is 0.134. The standard InChI is InChI=1S/C25H32N2O2/c1-24-9-5-18(29)14-17(24)13-16(8-12-28)23-20-4-3-19(22-7-11-26-15-27-22)25(20,2)10-6-21(23)24/h3,7,11,13,15-16,20-21,23,28H,4-6,8-10,12,14H2,1-2H3/t16?,20-,21+,23-,24-,25+/m0/s1. The Bertz CT molecular complexity index is 876. The lowest BCUT2D eigenvalue weighted by Gasteiger charge is -2.59. The number of allylic oxidation sites excluding steroid dienone is 4. The number of rotatable bonds is 3. The van der Waals surface area contributed by atoms with Gasteiger partial charge in [0.25, 0.3) is 0 Å². The normalized spacial score (nSPS) is 41.1. The zero-order valence-corrected chi connectivity index (χ0v) is 17.6. The van der Waals surface area contributed by atoms with Gasteiger partial charge in [0, 0.05) is 25.6 Å². The van der Waals surface area contributed by atoms with Gasteiger partial charge in [-0.15, -0.1) is 0 Å². The number of hydrogen-bond donors (Lipinski definition) is 1. The number of nitrogens with zero attached hydrogens (tertiary/aromatic N) is 2. The Hall–Kier alpha value is -1.81. The fraction of sp³-hybridized carbons (Fsp3) is 0.640. The topological polar surface area (TPSA) is 63.1 Å². The summed E-state index contributed by atoms with van der Waals surface area (Å²) < 4.78 is 0. The van der Waals surface area contributed by atoms with Crippen molar-refractivity contribution in [3.05, 3.63) is 42.0 Å². The molecule has 1 N–H and O–H groups in total. The number of fused-ring (bicyclic) bond motifs is 5. The molecule has 0 saturated heterocycles. The van der Waals surface area contributed by atoms with E-state index in [1.54, 1.807) is 6.33 Å². The second kappa shape index (κ2) is 6.87. The fourth-order valence-corrected chi connectivity index (χ4v) is 7.48. The molecule has 2 fully saturated rings. The van der Waals surface area contributed by atoms with E-state index in [1.165, 1.54) is 24.0 Å². The third kappa shape index (κ3) is 2.78. The molecule has 0 amide bonds. The van der Waals surface area contributed by atoms with Gasteiger partial charge >= 0.3 is 0 Å². The molecule has 29 heavy (non-hydrogen) atoms. The predicted molar refractivity (Wildman–Crippen MR) is 113 cm³/mol. The van der Waals surface area contributed by atoms with Crippen LogP contribution >= 0.6 is 0 Å². The summed E-state index contributed by atoms with van der Waals surface area (Å²) in [5.41, 5.74) is 4.13. The minimum Gasteiger partial charge on any atom is -0.396 e. The molecule has 0 aliphatic heterocycles. The lowest BCUT2D eigenvalue weighted by molar-refractivity contribution is -0.122. The van der Waals surface area contributed by atoms with Crippen LogP contribution in [-0.4, -0.2) is 27.5 Å². The van der Waals surface area contributed by atoms with Crippen molar-refractivity contribution in [2.24, 2.45) is 34.5 Å². The maximum atomic E-state index is 12.2. The summed E-state index contributed by atoms with van der Waals surface area (Å²) in [6.45, 7) is 5.09. The van der Waals surface area contributed by atoms with Crippen LogP contribution in [0.1, 0.15) is 64.5 Å². The van der Waals surface area contributed by atoms with Crippen LogP contribution in [0.3, 0.4) is 0 Å². The highest BCUT2D eigenvalue weighted by atomic mass is 16.3. The van der Waals surface area contributed by atoms with Gasteiger partial charge in [-0.25, -0.2) is 9.97 Å². The van der Waals surface area contributed by atoms with E-state index in [1.807, 2.05) is 12.3 Å². The first-order valence-corrected chi connectivity index (χ1v) is 11.3. The maximum Gasteiger partial charge on any atom is 0.136 e. The second-order valence-electron chi connectivity index (χ2n) is 10.2. The first kappa shape index (κ1) is 19.2. The molecular formula is C25H32N2O2. The number of aromatic nitrogens is 2. The molecule has 1 heterocycles. The van der Waals surface area contributed by atoms with Gasteiger partial charge in [0.05, 0.1) is 5.69 Å². The summed E-state index contributed by atoms with van der Waals surface area (Å²) in [5, 5.41) is 9.83. The Balaban J connectivity index is 1.54. The molecule has 0 aromatic carbocycles. The quantitative estimate of drug-likeness (QED) is 0.763. The first-order valence-electron chi connectivity index (χ1n) is 11.3. The van der Waals surface area contributed by atoms with Crippen LogP contribution in [0.5, 0.6) is 0 Å². The van der Waals surface area contributed by atoms with Gasteiger partial charge in [0.15, 0.2) is 0 Å². The molecule has 1 aromatic rings. The molecule has 154 valence electrons. The number of aliphatic hydroxyl groups excluding tert-OH is 1. The second-order valence-corrected chi connectivity index (χ2v) is 10.2. The lowest BCUT2D eigenvalue weighted by Crippen LogP contribution is -2.52. The summed E-state index contributed by atoms with van der Waals surface area (Å²) >= 11 is 0. The minimum atomic E-state index is 0.134. The first-order chi connectivity index (χ1) is 14.0. The number of carbonyl (C=O) groups excluding carboxylic acids is 1. The highest BCUT2D eigenvalue weighted by molar-refractivity contribution is 5.82. The van der Waals surface area contributed by atoms with Crippen LogP contribution in [0.15, 0.2) is 36.3 Å². The molecule has 4 aliphatic carbocycles. The van der Waals surface area contributed by atoms with E-state index in [0.717, 1.165) is 31.4 Å². The van der Waals surface area contributed by atoms with Crippen molar-refractivity contribution >= 4 is 11.4 Å². The molecule has 4 aliphatic rings. The SMILES string of the molecule is C[C@]12CCC(=O)CC1=CC(CCO)[C@@H]1[C@H]2CC[C@]2(C)C(c3ccncn3)=CC[C@@H]12. The van der Waals surface area contributed by atoms with Crippen molar-refractivity contribution in [1.82, 2.24) is 9.97 Å². The molecule has 4 nitrogen and oxygen atoms in total. The molecule has 6 atom stereocenters. The van der Waals surface area contributed by atoms with Gasteiger partial charge in [0.2, 0.25) is 0 Å². The van der Waals surface area contributed by atoms with Crippen LogP contribution in [0.25, 0.3) is 5.57 Å². The highest BCUT2D eigenvalue weighted by Crippen LogP contribution is 2.67. The van der Waals surface area contributed by atoms with Crippen molar-refractivity contribution in [2.45, 2.75) is 58.8 Å². The maximum absolute atomic E-state index is 12.2. The monoisotopic (exact) mass is 392 g/mol. The van der Waals surface area contributed by atoms with Gasteiger partial charge < -0.3 is 5.11 Å². The number of aliphatic hydroxyl groups is 1. The van der Waals surface area contributed by atoms with E-state index >= 15 is 0 Å². The van der Waals surface area contributed by atoms with Crippen LogP contribution in [-0.2, 0) is 4.79 Å². The Labute approximate surface area is 173 Å². The van der Waals surface area contributed by atoms with Crippen LogP contribution in [0, 0.1) is 34.5 Å². The van der Waals surface area contributed by atoms with E-state index in [9.17, 15) is 9.90 Å². The van der Waals surface area contributed by atoms with E-state index in [4.69, 9.17) is 0 Å². The Morgan fingerprint density at radius 2 is 2.07 bits per heavy atom. The molecular weight excluding hydrogens is 360 g/mol. The number of ketones is 1. The molecule has 1 unspecified atom stereocenters. The van der Waals surface area contributed by atoms with Gasteiger partial charge in [-0.1, -0.05) is 31.6 Å². The van der Waals surface area contributed by atoms with Crippen LogP contribution in [0.2, 0.25) is 0 Å². The molecule has 0 spiro atoms. The summed E-state index contributed by atoms with van der Waals surface area (Å²) in [5.74, 6) is 2.53. The molecule has 2 saturated carbocycles. The summed E-state index contributed by atoms with van der Waals surface area (Å²) in [6, 6.07) is 2.05. The Morgan fingerprint density at radius 3 is 2.83 bits per heavy atom. The molecule has 0 radical (unpaired) electrons. The van der Waals surface area contributed by atoms with Crippen molar-refractivity contribution in [1.29, 1.82) is 0 Å². The summed E-state index contributed by atoms with van der Waals surface area (Å²) in [6.07, 6.45) is 15.0. The van der Waals surface area contributed by atoms with E-state index in [-0.39, 0.29) is 17.4 Å². The number of hydrogen-bond acceptors (Lipinski definition) is 4. The molecule has 5 rings (SSSR count). The van der Waals surface area contributed by atoms with Crippen LogP contribution < -0.4 is 0 Å². The van der Waals surface area contributed by atoms with E-state index < -0.39 is 0 Å². The largest absolute Gasteiger partial charge is 0.396 e. The van der Waals surface area contributed by atoms with Crippen molar-refractivity contribution in [2.75, 3.05) is 6.61 Å². The zero-order valence-electron chi connectivity index (χ0n) is 17.6. The number of carbonyl (C=O) groups is 1. The lowest BCUT2D eigenvalue weighted by atomic mass is 9.45. The smallest absolute Gasteiger partial charge is 0.136 e. The van der Waals surface area contributed by atoms with Gasteiger partial charge in [0.1, 0.15) is 12.1 Å². The highest BCUT2D eigenvalue weighted by Gasteiger charge is 2.59. The number of Topliss-reactive ketones (excluding diaryl/α,β-unsaturated/α-hetero) is 1. The third-order valence-corrected chi connectivity index (χ3v) is 9.01. The average molecular weight is 393 g/mol. The summed E-state index contributed by atoms with van der Waals surface area (Å²) in [4.78, 5) is 20.9. The van der Waals surface area contributed by atoms with Crippen molar-refractivity contribution in [3.8, 4) is 0 Å². The molecule has 4 heteroatoms. The van der Waals surface area contributed by atoms with Gasteiger partial charge in [-0.3, -0.25) is 4.79 Å². The van der Waals surface area contributed by atoms with Crippen molar-refractivity contribution < 1.29 is 9.90 Å². The van der Waals surface area contributed by atoms with E-state index in [0.29, 0.717) is 35.9 Å². The average Bonchev–Trinajstić information content (AvgIpc) is 3.07. The van der Waals surface area contributed by atoms with Gasteiger partial charge in [-0.05, 0) is 78.2 Å². The predicted octanol–water partition coefficient (Wildman–Crippen LogP) is 4.61. The third-order valence-electron chi connectivity index (χ3n) is 9.01. The van der Waals surface area contributed by atoms with Crippen LogP contribution in [0.4, 0.5) is 0 Å². The molecule has 0 bridgehead atoms. The molecule has 1 aromatic heterocycles. The Kier molecular flexibility index (Phi) is 4.54. The fourth-order valence-electron chi connectivity index (χ4n) is 7.48. The van der Waals surface area contributed by atoms with Gasteiger partial charge in [-0.2, -0.15) is 0 Å². The summed E-state index contributed by atoms with van der Waals surface area (Å²) in [7, 11) is 0. The zero-order chi connectivity index (χ0) is 20.2. The Morgan fingerprint density at radius 1 is 1.21 bits per heavy atom.